The maximum absolute atomic E-state index is 6.47. The first-order valence-corrected chi connectivity index (χ1v) is 6.91. The van der Waals surface area contributed by atoms with Crippen LogP contribution in [-0.2, 0) is 0 Å². The van der Waals surface area contributed by atoms with Crippen molar-refractivity contribution >= 4 is 0 Å². The van der Waals surface area contributed by atoms with Crippen LogP contribution in [0.5, 0.6) is 5.75 Å². The molecule has 2 aromatic rings. The van der Waals surface area contributed by atoms with E-state index in [9.17, 15) is 0 Å². The van der Waals surface area contributed by atoms with Gasteiger partial charge in [0, 0.05) is 0 Å². The van der Waals surface area contributed by atoms with Gasteiger partial charge in [0.05, 0.1) is 13.2 Å². The first kappa shape index (κ1) is 14.6. The van der Waals surface area contributed by atoms with Crippen molar-refractivity contribution < 1.29 is 4.74 Å². The number of nitrogens with two attached hydrogens (primary N) is 1. The van der Waals surface area contributed by atoms with E-state index in [1.807, 2.05) is 0 Å². The molecule has 2 aromatic carbocycles. The lowest BCUT2D eigenvalue weighted by Crippen LogP contribution is -2.14. The second-order valence-electron chi connectivity index (χ2n) is 5.58. The molecule has 0 spiro atoms. The average molecular weight is 269 g/mol. The number of benzene rings is 2. The summed E-state index contributed by atoms with van der Waals surface area (Å²) in [7, 11) is 1.70. The van der Waals surface area contributed by atoms with Crippen LogP contribution in [0.4, 0.5) is 0 Å². The summed E-state index contributed by atoms with van der Waals surface area (Å²) in [5, 5.41) is 0. The number of methoxy groups -OCH3 is 1. The van der Waals surface area contributed by atoms with E-state index in [0.29, 0.717) is 0 Å². The van der Waals surface area contributed by atoms with Gasteiger partial charge >= 0.3 is 0 Å². The summed E-state index contributed by atoms with van der Waals surface area (Å²) in [5.41, 5.74) is 13.6. The molecule has 0 saturated carbocycles. The van der Waals surface area contributed by atoms with Crippen LogP contribution < -0.4 is 10.5 Å². The minimum Gasteiger partial charge on any atom is -0.496 e. The molecular weight excluding hydrogens is 246 g/mol. The van der Waals surface area contributed by atoms with E-state index < -0.39 is 0 Å². The molecule has 20 heavy (non-hydrogen) atoms. The molecule has 1 atom stereocenters. The highest BCUT2D eigenvalue weighted by Gasteiger charge is 2.14. The van der Waals surface area contributed by atoms with Gasteiger partial charge in [0.1, 0.15) is 5.75 Å². The molecule has 0 aliphatic rings. The van der Waals surface area contributed by atoms with Crippen molar-refractivity contribution in [3.05, 3.63) is 63.7 Å². The van der Waals surface area contributed by atoms with E-state index >= 15 is 0 Å². The van der Waals surface area contributed by atoms with Gasteiger partial charge in [0.2, 0.25) is 0 Å². The molecule has 2 N–H and O–H groups in total. The summed E-state index contributed by atoms with van der Waals surface area (Å²) in [6.07, 6.45) is 0. The Hall–Kier alpha value is -1.80. The zero-order valence-electron chi connectivity index (χ0n) is 12.9. The van der Waals surface area contributed by atoms with Gasteiger partial charge < -0.3 is 10.5 Å². The van der Waals surface area contributed by atoms with Gasteiger partial charge in [-0.15, -0.1) is 0 Å². The van der Waals surface area contributed by atoms with Crippen LogP contribution in [0.2, 0.25) is 0 Å². The summed E-state index contributed by atoms with van der Waals surface area (Å²) in [6, 6.07) is 10.6. The molecule has 0 saturated heterocycles. The molecule has 0 aliphatic heterocycles. The Morgan fingerprint density at radius 3 is 2.00 bits per heavy atom. The van der Waals surface area contributed by atoms with E-state index in [2.05, 4.69) is 58.0 Å². The van der Waals surface area contributed by atoms with Crippen LogP contribution in [0.3, 0.4) is 0 Å². The van der Waals surface area contributed by atoms with E-state index in [4.69, 9.17) is 10.5 Å². The van der Waals surface area contributed by atoms with Crippen molar-refractivity contribution in [2.45, 2.75) is 33.7 Å². The van der Waals surface area contributed by atoms with Gasteiger partial charge in [-0.1, -0.05) is 35.4 Å². The molecular formula is C18H23NO. The Morgan fingerprint density at radius 2 is 1.45 bits per heavy atom. The first-order valence-electron chi connectivity index (χ1n) is 6.91. The third-order valence-electron chi connectivity index (χ3n) is 3.72. The quantitative estimate of drug-likeness (QED) is 0.914. The van der Waals surface area contributed by atoms with Gasteiger partial charge in [-0.2, -0.15) is 0 Å². The van der Waals surface area contributed by atoms with Crippen LogP contribution in [0.25, 0.3) is 0 Å². The molecule has 2 nitrogen and oxygen atoms in total. The maximum atomic E-state index is 6.47. The SMILES string of the molecule is COc1cc(C)c(C(N)c2cc(C)cc(C)c2)cc1C. The largest absolute Gasteiger partial charge is 0.496 e. The van der Waals surface area contributed by atoms with Gasteiger partial charge in [0.15, 0.2) is 0 Å². The van der Waals surface area contributed by atoms with Crippen LogP contribution in [0, 0.1) is 27.7 Å². The van der Waals surface area contributed by atoms with Crippen LogP contribution in [-0.4, -0.2) is 7.11 Å². The molecule has 0 amide bonds. The lowest BCUT2D eigenvalue weighted by Gasteiger charge is -2.18. The Labute approximate surface area is 121 Å². The molecule has 2 heteroatoms. The Bertz CT molecular complexity index is 611. The monoisotopic (exact) mass is 269 g/mol. The highest BCUT2D eigenvalue weighted by Crippen LogP contribution is 2.29. The Morgan fingerprint density at radius 1 is 0.850 bits per heavy atom. The molecule has 1 unspecified atom stereocenters. The molecule has 106 valence electrons. The fourth-order valence-corrected chi connectivity index (χ4v) is 2.74. The van der Waals surface area contributed by atoms with Crippen LogP contribution in [0.1, 0.15) is 39.4 Å². The summed E-state index contributed by atoms with van der Waals surface area (Å²) >= 11 is 0. The molecule has 0 aromatic heterocycles. The number of ether oxygens (including phenoxy) is 1. The summed E-state index contributed by atoms with van der Waals surface area (Å²) < 4.78 is 5.36. The number of hydrogen-bond donors (Lipinski definition) is 1. The second-order valence-corrected chi connectivity index (χ2v) is 5.58. The van der Waals surface area contributed by atoms with E-state index in [-0.39, 0.29) is 6.04 Å². The minimum atomic E-state index is -0.0989. The average Bonchev–Trinajstić information content (AvgIpc) is 2.39. The smallest absolute Gasteiger partial charge is 0.122 e. The highest BCUT2D eigenvalue weighted by atomic mass is 16.5. The Balaban J connectivity index is 2.47. The third kappa shape index (κ3) is 2.86. The van der Waals surface area contributed by atoms with Gasteiger partial charge in [-0.25, -0.2) is 0 Å². The van der Waals surface area contributed by atoms with Crippen molar-refractivity contribution in [2.75, 3.05) is 7.11 Å². The number of rotatable bonds is 3. The topological polar surface area (TPSA) is 35.2 Å². The fraction of sp³-hybridized carbons (Fsp3) is 0.333. The predicted molar refractivity (Wildman–Crippen MR) is 84.4 cm³/mol. The molecule has 0 aliphatic carbocycles. The third-order valence-corrected chi connectivity index (χ3v) is 3.72. The van der Waals surface area contributed by atoms with Crippen molar-refractivity contribution in [1.82, 2.24) is 0 Å². The van der Waals surface area contributed by atoms with Gasteiger partial charge in [-0.05, 0) is 56.0 Å². The molecule has 0 bridgehead atoms. The zero-order valence-corrected chi connectivity index (χ0v) is 12.9. The second kappa shape index (κ2) is 5.68. The summed E-state index contributed by atoms with van der Waals surface area (Å²) in [5.74, 6) is 0.916. The summed E-state index contributed by atoms with van der Waals surface area (Å²) in [4.78, 5) is 0. The lowest BCUT2D eigenvalue weighted by molar-refractivity contribution is 0.411. The van der Waals surface area contributed by atoms with Gasteiger partial charge in [-0.3, -0.25) is 0 Å². The molecule has 0 heterocycles. The standard InChI is InChI=1S/C18H23NO/c1-11-6-12(2)8-15(7-11)18(19)16-9-14(4)17(20-5)10-13(16)3/h6-10,18H,19H2,1-5H3. The predicted octanol–water partition coefficient (Wildman–Crippen LogP) is 3.98. The highest BCUT2D eigenvalue weighted by molar-refractivity contribution is 5.46. The van der Waals surface area contributed by atoms with E-state index in [1.54, 1.807) is 7.11 Å². The first-order chi connectivity index (χ1) is 9.42. The normalized spacial score (nSPS) is 12.3. The lowest BCUT2D eigenvalue weighted by atomic mass is 9.92. The fourth-order valence-electron chi connectivity index (χ4n) is 2.74. The van der Waals surface area contributed by atoms with Crippen molar-refractivity contribution in [1.29, 1.82) is 0 Å². The maximum Gasteiger partial charge on any atom is 0.122 e. The van der Waals surface area contributed by atoms with Crippen LogP contribution >= 0.6 is 0 Å². The molecule has 0 radical (unpaired) electrons. The van der Waals surface area contributed by atoms with Crippen LogP contribution in [0.15, 0.2) is 30.3 Å². The minimum absolute atomic E-state index is 0.0989. The zero-order chi connectivity index (χ0) is 14.9. The number of hydrogen-bond acceptors (Lipinski definition) is 2. The molecule has 0 fully saturated rings. The Kier molecular flexibility index (Phi) is 4.15. The van der Waals surface area contributed by atoms with Crippen molar-refractivity contribution in [2.24, 2.45) is 5.73 Å². The molecule has 2 rings (SSSR count). The van der Waals surface area contributed by atoms with Crippen molar-refractivity contribution in [3.63, 3.8) is 0 Å². The van der Waals surface area contributed by atoms with Crippen molar-refractivity contribution in [3.8, 4) is 5.75 Å². The summed E-state index contributed by atoms with van der Waals surface area (Å²) in [6.45, 7) is 8.35. The van der Waals surface area contributed by atoms with E-state index in [0.717, 1.165) is 22.4 Å². The van der Waals surface area contributed by atoms with Gasteiger partial charge in [0.25, 0.3) is 0 Å². The number of aryl methyl sites for hydroxylation is 4. The van der Waals surface area contributed by atoms with E-state index in [1.165, 1.54) is 16.7 Å².